The number of hydrogen-bond donors (Lipinski definition) is 0. The van der Waals surface area contributed by atoms with Crippen molar-refractivity contribution >= 4 is 48.9 Å². The molecule has 1 aliphatic rings. The van der Waals surface area contributed by atoms with E-state index in [4.69, 9.17) is 0 Å². The average Bonchev–Trinajstić information content (AvgIpc) is 3.16. The van der Waals surface area contributed by atoms with Crippen LogP contribution in [0.1, 0.15) is 5.56 Å². The Labute approximate surface area is 147 Å². The SMILES string of the molecule is CN(CC(=O)N1CCc2cc(Br)ccc21)S(=O)(=O)c1cccs1. The number of halogens is 1. The highest BCUT2D eigenvalue weighted by atomic mass is 79.9. The van der Waals surface area contributed by atoms with Crippen molar-refractivity contribution in [1.82, 2.24) is 4.31 Å². The Kier molecular flexibility index (Phi) is 4.59. The number of anilines is 1. The molecule has 5 nitrogen and oxygen atoms in total. The monoisotopic (exact) mass is 414 g/mol. The number of nitrogens with zero attached hydrogens (tertiary/aromatic N) is 2. The molecule has 1 aliphatic heterocycles. The molecule has 1 aromatic carbocycles. The molecule has 0 bridgehead atoms. The van der Waals surface area contributed by atoms with Crippen LogP contribution < -0.4 is 4.90 Å². The molecule has 0 aliphatic carbocycles. The van der Waals surface area contributed by atoms with Gasteiger partial charge in [0.15, 0.2) is 0 Å². The van der Waals surface area contributed by atoms with Crippen LogP contribution in [-0.4, -0.2) is 38.8 Å². The summed E-state index contributed by atoms with van der Waals surface area (Å²) in [4.78, 5) is 14.2. The first-order valence-electron chi connectivity index (χ1n) is 6.98. The first-order valence-corrected chi connectivity index (χ1v) is 10.1. The van der Waals surface area contributed by atoms with Crippen LogP contribution in [0.5, 0.6) is 0 Å². The molecule has 1 amide bonds. The summed E-state index contributed by atoms with van der Waals surface area (Å²) in [6, 6.07) is 8.99. The summed E-state index contributed by atoms with van der Waals surface area (Å²) in [5.74, 6) is -0.214. The third-order valence-electron chi connectivity index (χ3n) is 3.76. The largest absolute Gasteiger partial charge is 0.311 e. The first kappa shape index (κ1) is 16.6. The molecule has 23 heavy (non-hydrogen) atoms. The predicted octanol–water partition coefficient (Wildman–Crippen LogP) is 2.72. The summed E-state index contributed by atoms with van der Waals surface area (Å²) >= 11 is 4.57. The second kappa shape index (κ2) is 6.35. The molecule has 0 saturated carbocycles. The summed E-state index contributed by atoms with van der Waals surface area (Å²) in [6.07, 6.45) is 0.780. The third kappa shape index (κ3) is 3.21. The summed E-state index contributed by atoms with van der Waals surface area (Å²) in [5.41, 5.74) is 1.96. The molecule has 0 spiro atoms. The van der Waals surface area contributed by atoms with Gasteiger partial charge in [0.05, 0.1) is 6.54 Å². The zero-order valence-electron chi connectivity index (χ0n) is 12.4. The number of sulfonamides is 1. The number of rotatable bonds is 4. The standard InChI is InChI=1S/C15H15BrN2O3S2/c1-17(23(20,21)15-3-2-8-22-15)10-14(19)18-7-6-11-9-12(16)4-5-13(11)18/h2-5,8-9H,6-7,10H2,1H3. The number of fused-ring (bicyclic) bond motifs is 1. The molecule has 0 N–H and O–H groups in total. The van der Waals surface area contributed by atoms with Crippen molar-refractivity contribution in [2.75, 3.05) is 25.0 Å². The van der Waals surface area contributed by atoms with Crippen molar-refractivity contribution in [3.05, 3.63) is 45.7 Å². The number of carbonyl (C=O) groups excluding carboxylic acids is 1. The van der Waals surface area contributed by atoms with E-state index in [1.165, 1.54) is 7.05 Å². The summed E-state index contributed by atoms with van der Waals surface area (Å²) in [5, 5.41) is 1.71. The lowest BCUT2D eigenvalue weighted by molar-refractivity contribution is -0.118. The fraction of sp³-hybridized carbons (Fsp3) is 0.267. The smallest absolute Gasteiger partial charge is 0.252 e. The van der Waals surface area contributed by atoms with E-state index in [2.05, 4.69) is 15.9 Å². The molecule has 122 valence electrons. The molecule has 0 unspecified atom stereocenters. The fourth-order valence-electron chi connectivity index (χ4n) is 2.55. The van der Waals surface area contributed by atoms with Gasteiger partial charge in [0.2, 0.25) is 5.91 Å². The van der Waals surface area contributed by atoms with Gasteiger partial charge in [-0.2, -0.15) is 4.31 Å². The van der Waals surface area contributed by atoms with E-state index >= 15 is 0 Å². The zero-order valence-corrected chi connectivity index (χ0v) is 15.6. The van der Waals surface area contributed by atoms with E-state index in [-0.39, 0.29) is 16.7 Å². The summed E-state index contributed by atoms with van der Waals surface area (Å²) in [6.45, 7) is 0.410. The number of thiophene rings is 1. The second-order valence-electron chi connectivity index (χ2n) is 5.26. The summed E-state index contributed by atoms with van der Waals surface area (Å²) < 4.78 is 27.1. The minimum atomic E-state index is -3.61. The molecule has 0 radical (unpaired) electrons. The average molecular weight is 415 g/mol. The van der Waals surface area contributed by atoms with Gasteiger partial charge >= 0.3 is 0 Å². The molecule has 0 atom stereocenters. The minimum absolute atomic E-state index is 0.171. The van der Waals surface area contributed by atoms with E-state index in [0.717, 1.165) is 37.8 Å². The second-order valence-corrected chi connectivity index (χ2v) is 9.40. The van der Waals surface area contributed by atoms with Crippen LogP contribution in [-0.2, 0) is 21.2 Å². The Morgan fingerprint density at radius 2 is 2.17 bits per heavy atom. The topological polar surface area (TPSA) is 57.7 Å². The number of hydrogen-bond acceptors (Lipinski definition) is 4. The number of likely N-dealkylation sites (N-methyl/N-ethyl adjacent to an activating group) is 1. The van der Waals surface area contributed by atoms with Crippen molar-refractivity contribution < 1.29 is 13.2 Å². The number of carbonyl (C=O) groups is 1. The highest BCUT2D eigenvalue weighted by molar-refractivity contribution is 9.10. The van der Waals surface area contributed by atoms with Crippen LogP contribution in [0.3, 0.4) is 0 Å². The molecular weight excluding hydrogens is 400 g/mol. The van der Waals surface area contributed by atoms with Crippen molar-refractivity contribution in [1.29, 1.82) is 0 Å². The highest BCUT2D eigenvalue weighted by Crippen LogP contribution is 2.31. The van der Waals surface area contributed by atoms with Crippen LogP contribution in [0.2, 0.25) is 0 Å². The molecule has 2 heterocycles. The van der Waals surface area contributed by atoms with Crippen LogP contribution >= 0.6 is 27.3 Å². The van der Waals surface area contributed by atoms with Crippen LogP contribution in [0.25, 0.3) is 0 Å². The lowest BCUT2D eigenvalue weighted by atomic mass is 10.2. The van der Waals surface area contributed by atoms with Gasteiger partial charge < -0.3 is 4.90 Å². The molecule has 8 heteroatoms. The maximum absolute atomic E-state index is 12.5. The Bertz CT molecular complexity index is 834. The third-order valence-corrected chi connectivity index (χ3v) is 7.43. The quantitative estimate of drug-likeness (QED) is 0.772. The van der Waals surface area contributed by atoms with Gasteiger partial charge in [-0.1, -0.05) is 22.0 Å². The Morgan fingerprint density at radius 1 is 1.39 bits per heavy atom. The van der Waals surface area contributed by atoms with E-state index in [1.54, 1.807) is 22.4 Å². The maximum Gasteiger partial charge on any atom is 0.252 e. The lowest BCUT2D eigenvalue weighted by Crippen LogP contribution is -2.40. The van der Waals surface area contributed by atoms with E-state index < -0.39 is 10.0 Å². The maximum atomic E-state index is 12.5. The van der Waals surface area contributed by atoms with Gasteiger partial charge in [-0.15, -0.1) is 11.3 Å². The van der Waals surface area contributed by atoms with Crippen LogP contribution in [0.4, 0.5) is 5.69 Å². The fourth-order valence-corrected chi connectivity index (χ4v) is 5.28. The number of amides is 1. The van der Waals surface area contributed by atoms with Gasteiger partial charge in [0.25, 0.3) is 10.0 Å². The number of benzene rings is 1. The van der Waals surface area contributed by atoms with Crippen molar-refractivity contribution in [2.45, 2.75) is 10.6 Å². The lowest BCUT2D eigenvalue weighted by Gasteiger charge is -2.21. The van der Waals surface area contributed by atoms with Gasteiger partial charge in [-0.25, -0.2) is 8.42 Å². The Hall–Kier alpha value is -1.22. The molecular formula is C15H15BrN2O3S2. The minimum Gasteiger partial charge on any atom is -0.311 e. The predicted molar refractivity (Wildman–Crippen MR) is 94.3 cm³/mol. The van der Waals surface area contributed by atoms with Crippen molar-refractivity contribution in [2.24, 2.45) is 0 Å². The van der Waals surface area contributed by atoms with Crippen molar-refractivity contribution in [3.63, 3.8) is 0 Å². The molecule has 0 fully saturated rings. The molecule has 0 saturated heterocycles. The normalized spacial score (nSPS) is 14.3. The molecule has 2 aromatic rings. The van der Waals surface area contributed by atoms with Crippen molar-refractivity contribution in [3.8, 4) is 0 Å². The molecule has 1 aromatic heterocycles. The Morgan fingerprint density at radius 3 is 2.87 bits per heavy atom. The van der Waals surface area contributed by atoms with E-state index in [1.807, 2.05) is 18.2 Å². The van der Waals surface area contributed by atoms with Gasteiger partial charge in [-0.05, 0) is 41.6 Å². The van der Waals surface area contributed by atoms with Gasteiger partial charge in [0.1, 0.15) is 4.21 Å². The molecule has 3 rings (SSSR count). The van der Waals surface area contributed by atoms with Crippen LogP contribution in [0.15, 0.2) is 44.4 Å². The Balaban J connectivity index is 1.76. The highest BCUT2D eigenvalue weighted by Gasteiger charge is 2.29. The van der Waals surface area contributed by atoms with E-state index in [0.29, 0.717) is 6.54 Å². The van der Waals surface area contributed by atoms with Gasteiger partial charge in [0, 0.05) is 23.8 Å². The summed E-state index contributed by atoms with van der Waals surface area (Å²) in [7, 11) is -2.17. The van der Waals surface area contributed by atoms with Gasteiger partial charge in [-0.3, -0.25) is 4.79 Å². The first-order chi connectivity index (χ1) is 10.9. The van der Waals surface area contributed by atoms with Crippen LogP contribution in [0, 0.1) is 0 Å². The zero-order chi connectivity index (χ0) is 16.6. The van der Waals surface area contributed by atoms with E-state index in [9.17, 15) is 13.2 Å².